The molecule has 2 aromatic rings. The summed E-state index contributed by atoms with van der Waals surface area (Å²) in [6, 6.07) is 0. The number of nitrogens with zero attached hydrogens (tertiary/aromatic N) is 3. The van der Waals surface area contributed by atoms with Crippen LogP contribution >= 0.6 is 23.7 Å². The molecule has 6 heteroatoms. The molecule has 2 heterocycles. The van der Waals surface area contributed by atoms with Gasteiger partial charge in [0.05, 0.1) is 5.39 Å². The third kappa shape index (κ3) is 3.05. The molecule has 0 aromatic carbocycles. The van der Waals surface area contributed by atoms with Crippen molar-refractivity contribution in [3.63, 3.8) is 0 Å². The van der Waals surface area contributed by atoms with Crippen LogP contribution in [0.4, 0.5) is 5.82 Å². The number of likely N-dealkylation sites (N-methyl/N-ethyl adjacent to an activating group) is 1. The average molecular weight is 313 g/mol. The van der Waals surface area contributed by atoms with E-state index >= 15 is 0 Å². The second-order valence-electron chi connectivity index (χ2n) is 5.34. The van der Waals surface area contributed by atoms with Crippen molar-refractivity contribution in [2.75, 3.05) is 32.5 Å². The lowest BCUT2D eigenvalue weighted by Gasteiger charge is -2.13. The molecule has 110 valence electrons. The molecule has 0 saturated carbocycles. The SMILES string of the molecule is CN(C)CCNc1ncnc2sc3c(c12)CCCC3.Cl. The quantitative estimate of drug-likeness (QED) is 0.942. The Morgan fingerprint density at radius 3 is 2.85 bits per heavy atom. The smallest absolute Gasteiger partial charge is 0.138 e. The van der Waals surface area contributed by atoms with Gasteiger partial charge in [0, 0.05) is 18.0 Å². The van der Waals surface area contributed by atoms with E-state index in [9.17, 15) is 0 Å². The first kappa shape index (κ1) is 15.5. The number of hydrogen-bond donors (Lipinski definition) is 1. The fraction of sp³-hybridized carbons (Fsp3) is 0.571. The standard InChI is InChI=1S/C14H20N4S.ClH/c1-18(2)8-7-15-13-12-10-5-3-4-6-11(10)19-14(12)17-9-16-13;/h9H,3-8H2,1-2H3,(H,15,16,17);1H. The Bertz CT molecular complexity index is 582. The number of fused-ring (bicyclic) bond motifs is 3. The van der Waals surface area contributed by atoms with E-state index in [1.165, 1.54) is 41.5 Å². The molecule has 0 bridgehead atoms. The lowest BCUT2D eigenvalue weighted by atomic mass is 9.97. The monoisotopic (exact) mass is 312 g/mol. The Kier molecular flexibility index (Phi) is 5.18. The van der Waals surface area contributed by atoms with Crippen LogP contribution in [-0.2, 0) is 12.8 Å². The lowest BCUT2D eigenvalue weighted by molar-refractivity contribution is 0.425. The summed E-state index contributed by atoms with van der Waals surface area (Å²) in [5.74, 6) is 1.02. The van der Waals surface area contributed by atoms with Crippen molar-refractivity contribution in [3.8, 4) is 0 Å². The third-order valence-electron chi connectivity index (χ3n) is 3.60. The Morgan fingerprint density at radius 1 is 1.25 bits per heavy atom. The molecule has 0 saturated heterocycles. The molecule has 1 N–H and O–H groups in total. The fourth-order valence-electron chi connectivity index (χ4n) is 2.62. The topological polar surface area (TPSA) is 41.0 Å². The summed E-state index contributed by atoms with van der Waals surface area (Å²) in [4.78, 5) is 13.7. The highest BCUT2D eigenvalue weighted by Gasteiger charge is 2.19. The molecule has 0 spiro atoms. The zero-order valence-corrected chi connectivity index (χ0v) is 13.6. The molecular formula is C14H21ClN4S. The maximum Gasteiger partial charge on any atom is 0.138 e. The van der Waals surface area contributed by atoms with Crippen LogP contribution in [0.25, 0.3) is 10.2 Å². The molecule has 0 amide bonds. The molecular weight excluding hydrogens is 292 g/mol. The highest BCUT2D eigenvalue weighted by molar-refractivity contribution is 7.19. The Morgan fingerprint density at radius 2 is 2.05 bits per heavy atom. The van der Waals surface area contributed by atoms with Crippen LogP contribution in [0, 0.1) is 0 Å². The normalized spacial score (nSPS) is 14.2. The van der Waals surface area contributed by atoms with Gasteiger partial charge in [0.1, 0.15) is 17.0 Å². The van der Waals surface area contributed by atoms with E-state index in [0.717, 1.165) is 23.7 Å². The van der Waals surface area contributed by atoms with Gasteiger partial charge in [-0.3, -0.25) is 0 Å². The fourth-order valence-corrected chi connectivity index (χ4v) is 3.85. The Labute approximate surface area is 130 Å². The van der Waals surface area contributed by atoms with Crippen LogP contribution in [0.5, 0.6) is 0 Å². The summed E-state index contributed by atoms with van der Waals surface area (Å²) in [5, 5.41) is 4.75. The van der Waals surface area contributed by atoms with E-state index in [0.29, 0.717) is 0 Å². The number of anilines is 1. The third-order valence-corrected chi connectivity index (χ3v) is 4.80. The number of halogens is 1. The molecule has 0 unspecified atom stereocenters. The molecule has 20 heavy (non-hydrogen) atoms. The highest BCUT2D eigenvalue weighted by atomic mass is 35.5. The maximum atomic E-state index is 4.45. The summed E-state index contributed by atoms with van der Waals surface area (Å²) in [6.07, 6.45) is 6.70. The summed E-state index contributed by atoms with van der Waals surface area (Å²) < 4.78 is 0. The number of aromatic nitrogens is 2. The first-order valence-corrected chi connectivity index (χ1v) is 7.71. The Hall–Kier alpha value is -0.910. The summed E-state index contributed by atoms with van der Waals surface area (Å²) >= 11 is 1.85. The molecule has 0 atom stereocenters. The van der Waals surface area contributed by atoms with Crippen LogP contribution < -0.4 is 5.32 Å². The van der Waals surface area contributed by atoms with Gasteiger partial charge in [-0.1, -0.05) is 0 Å². The van der Waals surface area contributed by atoms with Crippen molar-refractivity contribution in [2.45, 2.75) is 25.7 Å². The number of aryl methyl sites for hydroxylation is 2. The largest absolute Gasteiger partial charge is 0.368 e. The van der Waals surface area contributed by atoms with Gasteiger partial charge in [-0.2, -0.15) is 0 Å². The lowest BCUT2D eigenvalue weighted by Crippen LogP contribution is -2.21. The molecule has 4 nitrogen and oxygen atoms in total. The van der Waals surface area contributed by atoms with E-state index in [1.807, 2.05) is 11.3 Å². The maximum absolute atomic E-state index is 4.45. The minimum absolute atomic E-state index is 0. The summed E-state index contributed by atoms with van der Waals surface area (Å²) in [5.41, 5.74) is 1.50. The highest BCUT2D eigenvalue weighted by Crippen LogP contribution is 2.37. The molecule has 2 aromatic heterocycles. The van der Waals surface area contributed by atoms with Crippen LogP contribution in [0.1, 0.15) is 23.3 Å². The van der Waals surface area contributed by atoms with Gasteiger partial charge in [0.15, 0.2) is 0 Å². The predicted molar refractivity (Wildman–Crippen MR) is 88.3 cm³/mol. The first-order chi connectivity index (χ1) is 9.25. The van der Waals surface area contributed by atoms with E-state index in [1.54, 1.807) is 6.33 Å². The number of thiophene rings is 1. The minimum atomic E-state index is 0. The Balaban J connectivity index is 0.00000147. The van der Waals surface area contributed by atoms with Crippen LogP contribution in [0.15, 0.2) is 6.33 Å². The zero-order valence-electron chi connectivity index (χ0n) is 12.0. The zero-order chi connectivity index (χ0) is 13.2. The van der Waals surface area contributed by atoms with E-state index in [-0.39, 0.29) is 12.4 Å². The van der Waals surface area contributed by atoms with Gasteiger partial charge in [-0.25, -0.2) is 9.97 Å². The van der Waals surface area contributed by atoms with Crippen LogP contribution in [0.2, 0.25) is 0 Å². The van der Waals surface area contributed by atoms with Gasteiger partial charge >= 0.3 is 0 Å². The van der Waals surface area contributed by atoms with Crippen molar-refractivity contribution in [2.24, 2.45) is 0 Å². The van der Waals surface area contributed by atoms with Gasteiger partial charge < -0.3 is 10.2 Å². The molecule has 0 fully saturated rings. The summed E-state index contributed by atoms with van der Waals surface area (Å²) in [6.45, 7) is 1.93. The van der Waals surface area contributed by atoms with Gasteiger partial charge in [0.25, 0.3) is 0 Å². The van der Waals surface area contributed by atoms with Crippen molar-refractivity contribution in [1.29, 1.82) is 0 Å². The molecule has 0 aliphatic heterocycles. The minimum Gasteiger partial charge on any atom is -0.368 e. The number of rotatable bonds is 4. The number of hydrogen-bond acceptors (Lipinski definition) is 5. The van der Waals surface area contributed by atoms with Gasteiger partial charge in [-0.05, 0) is 45.3 Å². The molecule has 1 aliphatic carbocycles. The van der Waals surface area contributed by atoms with Crippen molar-refractivity contribution < 1.29 is 0 Å². The summed E-state index contributed by atoms with van der Waals surface area (Å²) in [7, 11) is 4.17. The second-order valence-corrected chi connectivity index (χ2v) is 6.43. The average Bonchev–Trinajstić information content (AvgIpc) is 2.77. The number of nitrogens with one attached hydrogen (secondary N) is 1. The van der Waals surface area contributed by atoms with Crippen LogP contribution in [0.3, 0.4) is 0 Å². The molecule has 3 rings (SSSR count). The van der Waals surface area contributed by atoms with E-state index < -0.39 is 0 Å². The van der Waals surface area contributed by atoms with Crippen molar-refractivity contribution >= 4 is 39.8 Å². The van der Waals surface area contributed by atoms with Gasteiger partial charge in [0.2, 0.25) is 0 Å². The predicted octanol–water partition coefficient (Wildman–Crippen LogP) is 2.97. The van der Waals surface area contributed by atoms with Crippen molar-refractivity contribution in [1.82, 2.24) is 14.9 Å². The second kappa shape index (κ2) is 6.70. The van der Waals surface area contributed by atoms with Crippen molar-refractivity contribution in [3.05, 3.63) is 16.8 Å². The molecule has 0 radical (unpaired) electrons. The van der Waals surface area contributed by atoms with Crippen LogP contribution in [-0.4, -0.2) is 42.1 Å². The van der Waals surface area contributed by atoms with Gasteiger partial charge in [-0.15, -0.1) is 23.7 Å². The van der Waals surface area contributed by atoms with E-state index in [2.05, 4.69) is 34.3 Å². The van der Waals surface area contributed by atoms with E-state index in [4.69, 9.17) is 0 Å². The first-order valence-electron chi connectivity index (χ1n) is 6.89. The molecule has 1 aliphatic rings.